The van der Waals surface area contributed by atoms with Gasteiger partial charge >= 0.3 is 0 Å². The molecule has 0 aromatic heterocycles. The number of carbonyl (C=O) groups is 1. The van der Waals surface area contributed by atoms with E-state index in [-0.39, 0.29) is 19.5 Å². The molecule has 0 N–H and O–H groups in total. The standard InChI is InChI=1S/C8H15.C5H10O2.Zn/c1-2-8-6-4-3-5-7-8;1-5(2,3)4(6)7;/h8H,1-7H2;1-3H3,(H,6,7);/p-1. The Kier molecular flexibility index (Phi) is 10.6. The summed E-state index contributed by atoms with van der Waals surface area (Å²) in [6, 6.07) is 0. The van der Waals surface area contributed by atoms with Crippen LogP contribution in [0.2, 0.25) is 0 Å². The Morgan fingerprint density at radius 2 is 1.62 bits per heavy atom. The molecule has 91 valence electrons. The fourth-order valence-corrected chi connectivity index (χ4v) is 1.48. The van der Waals surface area contributed by atoms with Gasteiger partial charge in [-0.05, 0) is 5.92 Å². The minimum absolute atomic E-state index is 0. The van der Waals surface area contributed by atoms with Gasteiger partial charge < -0.3 is 9.90 Å². The van der Waals surface area contributed by atoms with E-state index < -0.39 is 11.4 Å². The van der Waals surface area contributed by atoms with Crippen molar-refractivity contribution >= 4 is 5.97 Å². The van der Waals surface area contributed by atoms with Crippen molar-refractivity contribution in [1.29, 1.82) is 0 Å². The van der Waals surface area contributed by atoms with Crippen molar-refractivity contribution in [2.24, 2.45) is 11.3 Å². The van der Waals surface area contributed by atoms with Gasteiger partial charge in [0.2, 0.25) is 0 Å². The molecule has 1 radical (unpaired) electrons. The van der Waals surface area contributed by atoms with Crippen LogP contribution < -0.4 is 5.11 Å². The van der Waals surface area contributed by atoms with Gasteiger partial charge in [0.1, 0.15) is 0 Å². The van der Waals surface area contributed by atoms with Crippen molar-refractivity contribution in [2.45, 2.75) is 59.3 Å². The van der Waals surface area contributed by atoms with Gasteiger partial charge in [0, 0.05) is 30.9 Å². The van der Waals surface area contributed by atoms with Gasteiger partial charge in [0.05, 0.1) is 0 Å². The molecule has 1 aliphatic carbocycles. The monoisotopic (exact) mass is 276 g/mol. The van der Waals surface area contributed by atoms with E-state index in [0.29, 0.717) is 0 Å². The molecule has 0 aliphatic heterocycles. The Morgan fingerprint density at radius 1 is 1.25 bits per heavy atom. The molecule has 3 heteroatoms. The molecule has 1 aliphatic rings. The van der Waals surface area contributed by atoms with Gasteiger partial charge in [-0.15, -0.1) is 0 Å². The van der Waals surface area contributed by atoms with E-state index in [1.807, 2.05) is 0 Å². The zero-order valence-corrected chi connectivity index (χ0v) is 14.0. The number of carboxylic acids is 1. The van der Waals surface area contributed by atoms with Gasteiger partial charge in [-0.25, -0.2) is 0 Å². The van der Waals surface area contributed by atoms with Crippen molar-refractivity contribution < 1.29 is 29.4 Å². The largest absolute Gasteiger partial charge is 0.550 e. The van der Waals surface area contributed by atoms with Crippen LogP contribution in [0.25, 0.3) is 0 Å². The van der Waals surface area contributed by atoms with Crippen LogP contribution in [0.4, 0.5) is 0 Å². The van der Waals surface area contributed by atoms with Crippen LogP contribution >= 0.6 is 0 Å². The summed E-state index contributed by atoms with van der Waals surface area (Å²) in [4.78, 5) is 9.91. The number of hydrogen-bond donors (Lipinski definition) is 0. The molecule has 1 rings (SSSR count). The molecule has 1 fully saturated rings. The van der Waals surface area contributed by atoms with E-state index in [2.05, 4.69) is 6.92 Å². The SMILES string of the molecule is CC(C)(C)C(=O)[O-].[CH2]CC1CCCCC1.[Zn]. The van der Waals surface area contributed by atoms with E-state index in [1.54, 1.807) is 20.8 Å². The quantitative estimate of drug-likeness (QED) is 0.691. The zero-order chi connectivity index (χ0) is 11.9. The summed E-state index contributed by atoms with van der Waals surface area (Å²) < 4.78 is 0. The van der Waals surface area contributed by atoms with E-state index >= 15 is 0 Å². The van der Waals surface area contributed by atoms with Crippen LogP contribution in [0.1, 0.15) is 59.3 Å². The molecule has 1 saturated carbocycles. The molecule has 0 bridgehead atoms. The van der Waals surface area contributed by atoms with Crippen molar-refractivity contribution in [3.63, 3.8) is 0 Å². The molecule has 0 aromatic rings. The van der Waals surface area contributed by atoms with E-state index in [1.165, 1.54) is 38.5 Å². The first kappa shape index (κ1) is 18.5. The summed E-state index contributed by atoms with van der Waals surface area (Å²) in [6.07, 6.45) is 8.45. The Bertz CT molecular complexity index is 179. The first-order valence-corrected chi connectivity index (χ1v) is 5.88. The minimum atomic E-state index is -1.01. The first-order valence-electron chi connectivity index (χ1n) is 5.88. The summed E-state index contributed by atoms with van der Waals surface area (Å²) in [5.74, 6) is -0.0312. The van der Waals surface area contributed by atoms with Crippen LogP contribution in [0, 0.1) is 18.3 Å². The Balaban J connectivity index is 0. The molecule has 16 heavy (non-hydrogen) atoms. The molecule has 0 saturated heterocycles. The second-order valence-corrected chi connectivity index (χ2v) is 5.33. The van der Waals surface area contributed by atoms with Crippen molar-refractivity contribution in [3.8, 4) is 0 Å². The molecule has 0 aromatic carbocycles. The molecular weight excluding hydrogens is 254 g/mol. The van der Waals surface area contributed by atoms with Crippen LogP contribution in [0.5, 0.6) is 0 Å². The average Bonchev–Trinajstić information content (AvgIpc) is 2.18. The van der Waals surface area contributed by atoms with Crippen molar-refractivity contribution in [2.75, 3.05) is 0 Å². The fourth-order valence-electron chi connectivity index (χ4n) is 1.48. The fraction of sp³-hybridized carbons (Fsp3) is 0.846. The zero-order valence-electron chi connectivity index (χ0n) is 11.1. The topological polar surface area (TPSA) is 40.1 Å². The molecule has 0 spiro atoms. The maximum atomic E-state index is 9.91. The predicted molar refractivity (Wildman–Crippen MR) is 61.0 cm³/mol. The van der Waals surface area contributed by atoms with Crippen molar-refractivity contribution in [3.05, 3.63) is 6.92 Å². The van der Waals surface area contributed by atoms with Crippen LogP contribution in [-0.4, -0.2) is 5.97 Å². The van der Waals surface area contributed by atoms with Crippen LogP contribution in [0.3, 0.4) is 0 Å². The number of rotatable bonds is 1. The molecule has 2 nitrogen and oxygen atoms in total. The molecular formula is C13H24O2Zn-. The van der Waals surface area contributed by atoms with Gasteiger partial charge in [0.15, 0.2) is 0 Å². The van der Waals surface area contributed by atoms with Gasteiger partial charge in [-0.1, -0.05) is 66.2 Å². The maximum absolute atomic E-state index is 9.91. The van der Waals surface area contributed by atoms with Gasteiger partial charge in [-0.2, -0.15) is 0 Å². The average molecular weight is 278 g/mol. The second-order valence-electron chi connectivity index (χ2n) is 5.33. The normalized spacial score (nSPS) is 16.8. The van der Waals surface area contributed by atoms with E-state index in [4.69, 9.17) is 0 Å². The van der Waals surface area contributed by atoms with E-state index in [0.717, 1.165) is 5.92 Å². The molecule has 0 heterocycles. The third kappa shape index (κ3) is 9.33. The molecule has 0 amide bonds. The van der Waals surface area contributed by atoms with Crippen LogP contribution in [-0.2, 0) is 24.3 Å². The minimum Gasteiger partial charge on any atom is -0.550 e. The number of carbonyl (C=O) groups excluding carboxylic acids is 1. The third-order valence-electron chi connectivity index (χ3n) is 2.75. The van der Waals surface area contributed by atoms with Crippen molar-refractivity contribution in [1.82, 2.24) is 0 Å². The molecule has 0 unspecified atom stereocenters. The maximum Gasteiger partial charge on any atom is 0.0467 e. The third-order valence-corrected chi connectivity index (χ3v) is 2.75. The number of aliphatic carboxylic acids is 1. The smallest absolute Gasteiger partial charge is 0.0467 e. The summed E-state index contributed by atoms with van der Waals surface area (Å²) in [6.45, 7) is 8.71. The Hall–Kier alpha value is 0.0934. The summed E-state index contributed by atoms with van der Waals surface area (Å²) in [5.41, 5.74) is -0.694. The Morgan fingerprint density at radius 3 is 1.81 bits per heavy atom. The van der Waals surface area contributed by atoms with Gasteiger partial charge in [-0.3, -0.25) is 0 Å². The summed E-state index contributed by atoms with van der Waals surface area (Å²) in [7, 11) is 0. The van der Waals surface area contributed by atoms with Crippen LogP contribution in [0.15, 0.2) is 0 Å². The van der Waals surface area contributed by atoms with E-state index in [9.17, 15) is 9.90 Å². The summed E-state index contributed by atoms with van der Waals surface area (Å²) >= 11 is 0. The first-order chi connectivity index (χ1) is 6.88. The number of carboxylic acid groups (broad SMARTS) is 1. The second kappa shape index (κ2) is 9.16. The molecule has 0 atom stereocenters. The number of hydrogen-bond acceptors (Lipinski definition) is 2. The van der Waals surface area contributed by atoms with Gasteiger partial charge in [0.25, 0.3) is 0 Å². The Labute approximate surface area is 113 Å². The summed E-state index contributed by atoms with van der Waals surface area (Å²) in [5, 5.41) is 9.91. The predicted octanol–water partition coefficient (Wildman–Crippen LogP) is 2.57.